The van der Waals surface area contributed by atoms with Crippen molar-refractivity contribution >= 4 is 15.7 Å². The molecule has 10 heteroatoms. The molecule has 148 valence electrons. The Morgan fingerprint density at radius 1 is 1.29 bits per heavy atom. The van der Waals surface area contributed by atoms with Gasteiger partial charge >= 0.3 is 6.01 Å². The first-order valence-corrected chi connectivity index (χ1v) is 11.1. The van der Waals surface area contributed by atoms with Gasteiger partial charge < -0.3 is 9.64 Å². The van der Waals surface area contributed by atoms with Crippen LogP contribution in [0.4, 0.5) is 0 Å². The van der Waals surface area contributed by atoms with E-state index in [1.807, 2.05) is 0 Å². The van der Waals surface area contributed by atoms with Gasteiger partial charge in [-0.25, -0.2) is 18.4 Å². The minimum Gasteiger partial charge on any atom is -0.463 e. The van der Waals surface area contributed by atoms with Crippen LogP contribution in [-0.2, 0) is 22.7 Å². The number of hydrogen-bond donors (Lipinski definition) is 1. The van der Waals surface area contributed by atoms with Crippen LogP contribution in [0.25, 0.3) is 0 Å². The molecule has 0 saturated carbocycles. The van der Waals surface area contributed by atoms with Gasteiger partial charge in [-0.15, -0.1) is 0 Å². The van der Waals surface area contributed by atoms with Crippen molar-refractivity contribution in [3.8, 4) is 6.01 Å². The maximum atomic E-state index is 12.9. The molecule has 9 nitrogen and oxygen atoms in total. The first-order chi connectivity index (χ1) is 13.5. The lowest BCUT2D eigenvalue weighted by molar-refractivity contribution is 0.0397. The number of ether oxygens (including phenoxy) is 1. The highest BCUT2D eigenvalue weighted by Crippen LogP contribution is 2.45. The SMILES string of the molecule is O=C(c1n[nH]c2c1CCC2)N1CC2(C1)[C@H](COc1ncccn1)CCS2(=O)=O. The highest BCUT2D eigenvalue weighted by molar-refractivity contribution is 7.93. The normalized spacial score (nSPS) is 24.1. The number of likely N-dealkylation sites (tertiary alicyclic amines) is 1. The van der Waals surface area contributed by atoms with Gasteiger partial charge in [-0.2, -0.15) is 5.10 Å². The van der Waals surface area contributed by atoms with Crippen LogP contribution in [-0.4, -0.2) is 69.6 Å². The molecule has 2 fully saturated rings. The van der Waals surface area contributed by atoms with Gasteiger partial charge in [0.25, 0.3) is 5.91 Å². The Morgan fingerprint density at radius 2 is 2.07 bits per heavy atom. The molecule has 1 spiro atoms. The monoisotopic (exact) mass is 403 g/mol. The second-order valence-corrected chi connectivity index (χ2v) is 10.2. The number of aromatic amines is 1. The molecule has 0 radical (unpaired) electrons. The number of carbonyl (C=O) groups is 1. The quantitative estimate of drug-likeness (QED) is 0.785. The smallest absolute Gasteiger partial charge is 0.316 e. The summed E-state index contributed by atoms with van der Waals surface area (Å²) in [7, 11) is -3.29. The Hall–Kier alpha value is -2.49. The fourth-order valence-electron chi connectivity index (χ4n) is 4.63. The predicted molar refractivity (Wildman–Crippen MR) is 98.7 cm³/mol. The Balaban J connectivity index is 1.31. The second kappa shape index (κ2) is 6.26. The Morgan fingerprint density at radius 3 is 2.86 bits per heavy atom. The number of amides is 1. The van der Waals surface area contributed by atoms with Gasteiger partial charge in [-0.3, -0.25) is 9.89 Å². The van der Waals surface area contributed by atoms with E-state index in [-0.39, 0.29) is 43.3 Å². The molecule has 0 bridgehead atoms. The zero-order chi connectivity index (χ0) is 19.4. The largest absolute Gasteiger partial charge is 0.463 e. The number of nitrogens with one attached hydrogen (secondary N) is 1. The molecule has 1 N–H and O–H groups in total. The number of carbonyl (C=O) groups excluding carboxylic acids is 1. The lowest BCUT2D eigenvalue weighted by Crippen LogP contribution is -2.69. The third-order valence-electron chi connectivity index (χ3n) is 6.27. The van der Waals surface area contributed by atoms with E-state index in [9.17, 15) is 13.2 Å². The van der Waals surface area contributed by atoms with Crippen molar-refractivity contribution in [2.75, 3.05) is 25.4 Å². The maximum absolute atomic E-state index is 12.9. The minimum atomic E-state index is -3.29. The molecule has 1 atom stereocenters. The van der Waals surface area contributed by atoms with Gasteiger partial charge in [-0.1, -0.05) is 0 Å². The van der Waals surface area contributed by atoms with Crippen molar-refractivity contribution in [3.05, 3.63) is 35.4 Å². The summed E-state index contributed by atoms with van der Waals surface area (Å²) in [6, 6.07) is 1.93. The zero-order valence-electron chi connectivity index (χ0n) is 15.3. The van der Waals surface area contributed by atoms with Gasteiger partial charge in [0, 0.05) is 42.7 Å². The average molecular weight is 403 g/mol. The fraction of sp³-hybridized carbons (Fsp3) is 0.556. The molecule has 0 unspecified atom stereocenters. The highest BCUT2D eigenvalue weighted by atomic mass is 32.2. The number of nitrogens with zero attached hydrogens (tertiary/aromatic N) is 4. The average Bonchev–Trinajstić information content (AvgIpc) is 3.32. The summed E-state index contributed by atoms with van der Waals surface area (Å²) in [4.78, 5) is 22.5. The number of fused-ring (bicyclic) bond motifs is 1. The van der Waals surface area contributed by atoms with Gasteiger partial charge in [-0.05, 0) is 31.7 Å². The van der Waals surface area contributed by atoms with E-state index in [0.717, 1.165) is 30.5 Å². The summed E-state index contributed by atoms with van der Waals surface area (Å²) in [6.07, 6.45) is 6.45. The van der Waals surface area contributed by atoms with Crippen LogP contribution in [0.3, 0.4) is 0 Å². The van der Waals surface area contributed by atoms with Crippen LogP contribution in [0.2, 0.25) is 0 Å². The van der Waals surface area contributed by atoms with Crippen LogP contribution >= 0.6 is 0 Å². The van der Waals surface area contributed by atoms with Crippen LogP contribution in [0.1, 0.15) is 34.6 Å². The first kappa shape index (κ1) is 17.6. The molecule has 2 aromatic rings. The summed E-state index contributed by atoms with van der Waals surface area (Å²) in [5.74, 6) is -0.246. The Kier molecular flexibility index (Phi) is 3.94. The van der Waals surface area contributed by atoms with Crippen molar-refractivity contribution in [2.45, 2.75) is 30.4 Å². The number of hydrogen-bond acceptors (Lipinski definition) is 7. The molecule has 28 heavy (non-hydrogen) atoms. The molecule has 2 aliphatic heterocycles. The van der Waals surface area contributed by atoms with E-state index < -0.39 is 14.6 Å². The number of H-pyrrole nitrogens is 1. The summed E-state index contributed by atoms with van der Waals surface area (Å²) in [6.45, 7) is 0.613. The van der Waals surface area contributed by atoms with Crippen LogP contribution in [0.15, 0.2) is 18.5 Å². The maximum Gasteiger partial charge on any atom is 0.316 e. The van der Waals surface area contributed by atoms with E-state index in [1.54, 1.807) is 23.4 Å². The molecule has 1 aliphatic carbocycles. The van der Waals surface area contributed by atoms with Crippen molar-refractivity contribution in [2.24, 2.45) is 5.92 Å². The summed E-state index contributed by atoms with van der Waals surface area (Å²) < 4.78 is 30.3. The van der Waals surface area contributed by atoms with E-state index in [4.69, 9.17) is 4.74 Å². The van der Waals surface area contributed by atoms with Gasteiger partial charge in [0.2, 0.25) is 0 Å². The molecule has 1 amide bonds. The van der Waals surface area contributed by atoms with Gasteiger partial charge in [0.15, 0.2) is 15.5 Å². The molecule has 4 heterocycles. The van der Waals surface area contributed by atoms with Crippen molar-refractivity contribution in [1.82, 2.24) is 25.1 Å². The number of sulfone groups is 1. The number of aromatic nitrogens is 4. The number of aryl methyl sites for hydroxylation is 1. The molecule has 2 aromatic heterocycles. The van der Waals surface area contributed by atoms with Crippen molar-refractivity contribution in [3.63, 3.8) is 0 Å². The summed E-state index contributed by atoms with van der Waals surface area (Å²) in [5, 5.41) is 7.13. The molecular formula is C18H21N5O4S. The Bertz CT molecular complexity index is 1010. The van der Waals surface area contributed by atoms with Crippen LogP contribution in [0.5, 0.6) is 6.01 Å². The Labute approximate surface area is 162 Å². The predicted octanol–water partition coefficient (Wildman–Crippen LogP) is 0.397. The summed E-state index contributed by atoms with van der Waals surface area (Å²) in [5.41, 5.74) is 2.46. The van der Waals surface area contributed by atoms with E-state index >= 15 is 0 Å². The van der Waals surface area contributed by atoms with Crippen LogP contribution in [0, 0.1) is 5.92 Å². The third kappa shape index (κ3) is 2.54. The first-order valence-electron chi connectivity index (χ1n) is 9.48. The van der Waals surface area contributed by atoms with Crippen LogP contribution < -0.4 is 4.74 Å². The van der Waals surface area contributed by atoms with E-state index in [1.165, 1.54) is 0 Å². The topological polar surface area (TPSA) is 118 Å². The molecule has 2 saturated heterocycles. The lowest BCUT2D eigenvalue weighted by Gasteiger charge is -2.49. The van der Waals surface area contributed by atoms with E-state index in [2.05, 4.69) is 20.2 Å². The molecule has 3 aliphatic rings. The van der Waals surface area contributed by atoms with Gasteiger partial charge in [0.1, 0.15) is 4.75 Å². The minimum absolute atomic E-state index is 0.122. The fourth-order valence-corrected chi connectivity index (χ4v) is 7.03. The van der Waals surface area contributed by atoms with Crippen molar-refractivity contribution in [1.29, 1.82) is 0 Å². The van der Waals surface area contributed by atoms with E-state index in [0.29, 0.717) is 12.1 Å². The molecule has 5 rings (SSSR count). The van der Waals surface area contributed by atoms with Crippen molar-refractivity contribution < 1.29 is 17.9 Å². The zero-order valence-corrected chi connectivity index (χ0v) is 16.1. The lowest BCUT2D eigenvalue weighted by atomic mass is 9.83. The second-order valence-electron chi connectivity index (χ2n) is 7.76. The van der Waals surface area contributed by atoms with Gasteiger partial charge in [0.05, 0.1) is 12.4 Å². The standard InChI is InChI=1S/C18H21N5O4S/c24-16(15-13-3-1-4-14(13)21-22-15)23-10-18(11-23)12(5-8-28(18,25)26)9-27-17-19-6-2-7-20-17/h2,6-7,12H,1,3-5,8-11H2,(H,21,22)/t12-/m0/s1. The summed E-state index contributed by atoms with van der Waals surface area (Å²) >= 11 is 0. The highest BCUT2D eigenvalue weighted by Gasteiger charge is 2.63. The third-order valence-corrected chi connectivity index (χ3v) is 8.87. The molecule has 0 aromatic carbocycles. The number of rotatable bonds is 4. The molecular weight excluding hydrogens is 382 g/mol.